The molecular weight excluding hydrogens is 442 g/mol. The van der Waals surface area contributed by atoms with Crippen LogP contribution in [-0.2, 0) is 0 Å². The molecule has 3 aromatic rings. The fourth-order valence-electron chi connectivity index (χ4n) is 2.42. The summed E-state index contributed by atoms with van der Waals surface area (Å²) in [4.78, 5) is 5.68. The van der Waals surface area contributed by atoms with E-state index in [1.165, 1.54) is 6.20 Å². The highest BCUT2D eigenvalue weighted by molar-refractivity contribution is 7.80. The molecule has 1 heterocycles. The summed E-state index contributed by atoms with van der Waals surface area (Å²) in [6.07, 6.45) is 1.51. The largest absolute Gasteiger partial charge is 0.457 e. The van der Waals surface area contributed by atoms with Crippen molar-refractivity contribution in [3.63, 3.8) is 0 Å². The monoisotopic (exact) mass is 469 g/mol. The molecule has 1 aromatic heterocycles. The minimum atomic E-state index is 0.278. The molecule has 3 rings (SSSR count). The highest BCUT2D eigenvalue weighted by atomic mass is 35.5. The first kappa shape index (κ1) is 26.7. The topological polar surface area (TPSA) is 87.2 Å². The van der Waals surface area contributed by atoms with E-state index < -0.39 is 0 Å². The molecule has 168 valence electrons. The molecule has 0 amide bonds. The summed E-state index contributed by atoms with van der Waals surface area (Å²) in [5, 5.41) is 13.2. The molecule has 32 heavy (non-hydrogen) atoms. The Kier molecular flexibility index (Phi) is 11.6. The minimum absolute atomic E-state index is 0.278. The number of hydrogen-bond acceptors (Lipinski definition) is 5. The van der Waals surface area contributed by atoms with E-state index in [0.717, 1.165) is 11.4 Å². The number of nitrogens with zero attached hydrogens (tertiary/aromatic N) is 3. The lowest BCUT2D eigenvalue weighted by Gasteiger charge is -2.23. The average molecular weight is 470 g/mol. The van der Waals surface area contributed by atoms with Crippen LogP contribution in [0.15, 0.2) is 60.8 Å². The Morgan fingerprint density at radius 1 is 1.06 bits per heavy atom. The van der Waals surface area contributed by atoms with Crippen LogP contribution in [0, 0.1) is 11.3 Å². The number of halogens is 1. The third-order valence-electron chi connectivity index (χ3n) is 3.84. The third kappa shape index (κ3) is 7.73. The second kappa shape index (κ2) is 13.9. The first-order valence-electron chi connectivity index (χ1n) is 10.2. The molecule has 0 atom stereocenters. The Balaban J connectivity index is 0.00000121. The molecule has 0 unspecified atom stereocenters. The van der Waals surface area contributed by atoms with Gasteiger partial charge in [-0.15, -0.1) is 0 Å². The van der Waals surface area contributed by atoms with Crippen molar-refractivity contribution in [3.8, 4) is 17.6 Å². The molecule has 6 nitrogen and oxygen atoms in total. The van der Waals surface area contributed by atoms with E-state index >= 15 is 0 Å². The predicted octanol–water partition coefficient (Wildman–Crippen LogP) is 6.87. The SMILES string of the molecule is CC.CC.CN(C(=S)Nc1ccc(Cl)cc1)c1ccc(Oc2ccnc(C#N)c2)cc1N. The number of rotatable bonds is 4. The number of pyridine rings is 1. The van der Waals surface area contributed by atoms with E-state index in [-0.39, 0.29) is 5.69 Å². The van der Waals surface area contributed by atoms with Crippen molar-refractivity contribution in [1.29, 1.82) is 5.26 Å². The molecule has 0 radical (unpaired) electrons. The summed E-state index contributed by atoms with van der Waals surface area (Å²) < 4.78 is 5.75. The van der Waals surface area contributed by atoms with Gasteiger partial charge in [-0.2, -0.15) is 5.26 Å². The Labute approximate surface area is 200 Å². The van der Waals surface area contributed by atoms with Crippen molar-refractivity contribution in [2.24, 2.45) is 0 Å². The van der Waals surface area contributed by atoms with Crippen LogP contribution in [0.4, 0.5) is 17.1 Å². The van der Waals surface area contributed by atoms with E-state index in [1.807, 2.05) is 59.0 Å². The maximum Gasteiger partial charge on any atom is 0.177 e. The van der Waals surface area contributed by atoms with Crippen molar-refractivity contribution in [1.82, 2.24) is 4.98 Å². The first-order chi connectivity index (χ1) is 15.5. The van der Waals surface area contributed by atoms with Crippen molar-refractivity contribution in [2.45, 2.75) is 27.7 Å². The molecule has 0 aliphatic rings. The predicted molar refractivity (Wildman–Crippen MR) is 139 cm³/mol. The standard InChI is InChI=1S/C20H16ClN5OS.2C2H6/c1-26(20(28)25-14-4-2-13(21)3-5-14)19-7-6-16(11-18(19)23)27-17-8-9-24-15(10-17)12-22;2*1-2/h2-11H,23H2,1H3,(H,25,28);2*1-2H3. The molecule has 0 fully saturated rings. The molecule has 0 saturated carbocycles. The van der Waals surface area contributed by atoms with Crippen LogP contribution in [0.3, 0.4) is 0 Å². The lowest BCUT2D eigenvalue weighted by Crippen LogP contribution is -2.31. The molecule has 3 N–H and O–H groups in total. The zero-order valence-electron chi connectivity index (χ0n) is 18.9. The molecule has 0 aliphatic heterocycles. The lowest BCUT2D eigenvalue weighted by atomic mass is 10.2. The van der Waals surface area contributed by atoms with Crippen LogP contribution < -0.4 is 20.7 Å². The Hall–Kier alpha value is -3.34. The molecule has 8 heteroatoms. The van der Waals surface area contributed by atoms with Gasteiger partial charge in [0.25, 0.3) is 0 Å². The molecular formula is C24H28ClN5OS. The van der Waals surface area contributed by atoms with Gasteiger partial charge < -0.3 is 20.7 Å². The maximum atomic E-state index is 8.92. The van der Waals surface area contributed by atoms with E-state index in [9.17, 15) is 0 Å². The molecule has 0 aliphatic carbocycles. The average Bonchev–Trinajstić information content (AvgIpc) is 2.83. The zero-order chi connectivity index (χ0) is 24.1. The van der Waals surface area contributed by atoms with E-state index in [1.54, 1.807) is 41.3 Å². The Bertz CT molecular complexity index is 1050. The number of hydrogen-bond donors (Lipinski definition) is 2. The van der Waals surface area contributed by atoms with Crippen molar-refractivity contribution in [2.75, 3.05) is 23.0 Å². The number of ether oxygens (including phenoxy) is 1. The number of anilines is 3. The number of nitrogen functional groups attached to an aromatic ring is 1. The summed E-state index contributed by atoms with van der Waals surface area (Å²) in [6, 6.07) is 17.7. The van der Waals surface area contributed by atoms with E-state index in [0.29, 0.717) is 27.3 Å². The Morgan fingerprint density at radius 3 is 2.28 bits per heavy atom. The smallest absolute Gasteiger partial charge is 0.177 e. The van der Waals surface area contributed by atoms with Gasteiger partial charge in [-0.1, -0.05) is 39.3 Å². The second-order valence-electron chi connectivity index (χ2n) is 5.81. The summed E-state index contributed by atoms with van der Waals surface area (Å²) in [7, 11) is 1.82. The van der Waals surface area contributed by atoms with Crippen molar-refractivity contribution >= 4 is 46.0 Å². The quantitative estimate of drug-likeness (QED) is 0.318. The first-order valence-corrected chi connectivity index (χ1v) is 11.0. The third-order valence-corrected chi connectivity index (χ3v) is 4.47. The fourth-order valence-corrected chi connectivity index (χ4v) is 2.77. The molecule has 0 spiro atoms. The summed E-state index contributed by atoms with van der Waals surface area (Å²) in [5.41, 5.74) is 8.52. The number of thiocarbonyl (C=S) groups is 1. The van der Waals surface area contributed by atoms with Gasteiger partial charge in [-0.05, 0) is 54.7 Å². The van der Waals surface area contributed by atoms with Gasteiger partial charge in [-0.3, -0.25) is 0 Å². The van der Waals surface area contributed by atoms with Crippen LogP contribution in [0.25, 0.3) is 0 Å². The summed E-state index contributed by atoms with van der Waals surface area (Å²) in [6.45, 7) is 8.00. The zero-order valence-corrected chi connectivity index (χ0v) is 20.5. The van der Waals surface area contributed by atoms with Gasteiger partial charge >= 0.3 is 0 Å². The van der Waals surface area contributed by atoms with Gasteiger partial charge in [-0.25, -0.2) is 4.98 Å². The van der Waals surface area contributed by atoms with Crippen LogP contribution in [0.1, 0.15) is 33.4 Å². The lowest BCUT2D eigenvalue weighted by molar-refractivity contribution is 0.482. The number of benzene rings is 2. The maximum absolute atomic E-state index is 8.92. The molecule has 0 saturated heterocycles. The van der Waals surface area contributed by atoms with Crippen LogP contribution >= 0.6 is 23.8 Å². The summed E-state index contributed by atoms with van der Waals surface area (Å²) >= 11 is 11.4. The van der Waals surface area contributed by atoms with Crippen molar-refractivity contribution in [3.05, 3.63) is 71.5 Å². The second-order valence-corrected chi connectivity index (χ2v) is 6.63. The highest BCUT2D eigenvalue weighted by Gasteiger charge is 2.12. The highest BCUT2D eigenvalue weighted by Crippen LogP contribution is 2.30. The summed E-state index contributed by atoms with van der Waals surface area (Å²) in [5.74, 6) is 1.05. The van der Waals surface area contributed by atoms with Gasteiger partial charge in [0.05, 0.1) is 11.4 Å². The van der Waals surface area contributed by atoms with Gasteiger partial charge in [0.1, 0.15) is 23.3 Å². The van der Waals surface area contributed by atoms with Gasteiger partial charge in [0, 0.05) is 36.1 Å². The van der Waals surface area contributed by atoms with Gasteiger partial charge in [0.2, 0.25) is 0 Å². The molecule has 0 bridgehead atoms. The minimum Gasteiger partial charge on any atom is -0.457 e. The number of aromatic nitrogens is 1. The van der Waals surface area contributed by atoms with Gasteiger partial charge in [0.15, 0.2) is 5.11 Å². The van der Waals surface area contributed by atoms with Crippen molar-refractivity contribution < 1.29 is 4.74 Å². The van der Waals surface area contributed by atoms with Crippen LogP contribution in [-0.4, -0.2) is 17.1 Å². The number of nitriles is 1. The van der Waals surface area contributed by atoms with Crippen LogP contribution in [0.2, 0.25) is 5.02 Å². The normalized spacial score (nSPS) is 9.16. The molecule has 2 aromatic carbocycles. The number of nitrogens with one attached hydrogen (secondary N) is 1. The Morgan fingerprint density at radius 2 is 1.69 bits per heavy atom. The van der Waals surface area contributed by atoms with Crippen LogP contribution in [0.5, 0.6) is 11.5 Å². The number of nitrogens with two attached hydrogens (primary N) is 1. The van der Waals surface area contributed by atoms with E-state index in [2.05, 4.69) is 10.3 Å². The van der Waals surface area contributed by atoms with E-state index in [4.69, 9.17) is 39.6 Å². The fraction of sp³-hybridized carbons (Fsp3) is 0.208.